The lowest BCUT2D eigenvalue weighted by atomic mass is 10.1. The van der Waals surface area contributed by atoms with E-state index in [1.165, 1.54) is 24.1 Å². The van der Waals surface area contributed by atoms with Crippen LogP contribution in [0.2, 0.25) is 0 Å². The van der Waals surface area contributed by atoms with Crippen molar-refractivity contribution in [2.75, 3.05) is 5.32 Å². The number of nitrogens with zero attached hydrogens (tertiary/aromatic N) is 3. The van der Waals surface area contributed by atoms with Gasteiger partial charge >= 0.3 is 0 Å². The number of anilines is 1. The number of rotatable bonds is 4. The van der Waals surface area contributed by atoms with Crippen LogP contribution in [0.5, 0.6) is 0 Å². The lowest BCUT2D eigenvalue weighted by molar-refractivity contribution is -0.118. The maximum absolute atomic E-state index is 13.0. The average molecular weight is 352 g/mol. The van der Waals surface area contributed by atoms with Crippen LogP contribution in [0.3, 0.4) is 0 Å². The molecule has 4 rings (SSSR count). The third-order valence-electron chi connectivity index (χ3n) is 4.48. The molecule has 0 saturated heterocycles. The fourth-order valence-electron chi connectivity index (χ4n) is 3.25. The summed E-state index contributed by atoms with van der Waals surface area (Å²) in [5, 5.41) is 7.99. The summed E-state index contributed by atoms with van der Waals surface area (Å²) in [5.41, 5.74) is 2.06. The number of hydrogen-bond acceptors (Lipinski definition) is 4. The second-order valence-electron chi connectivity index (χ2n) is 6.24. The number of fused-ring (bicyclic) bond motifs is 1. The van der Waals surface area contributed by atoms with Crippen LogP contribution in [0, 0.1) is 0 Å². The van der Waals surface area contributed by atoms with E-state index in [4.69, 9.17) is 0 Å². The van der Waals surface area contributed by atoms with Crippen LogP contribution in [0.4, 0.5) is 5.13 Å². The highest BCUT2D eigenvalue weighted by Gasteiger charge is 2.24. The summed E-state index contributed by atoms with van der Waals surface area (Å²) in [6.45, 7) is 0. The number of carbonyl (C=O) groups excluding carboxylic acids is 1. The van der Waals surface area contributed by atoms with Crippen molar-refractivity contribution in [3.8, 4) is 0 Å². The quantitative estimate of drug-likeness (QED) is 0.726. The van der Waals surface area contributed by atoms with Crippen molar-refractivity contribution in [3.05, 3.63) is 64.9 Å². The van der Waals surface area contributed by atoms with Gasteiger partial charge in [-0.15, -0.1) is 11.3 Å². The first-order valence-electron chi connectivity index (χ1n) is 8.65. The van der Waals surface area contributed by atoms with Crippen molar-refractivity contribution in [3.63, 3.8) is 0 Å². The highest BCUT2D eigenvalue weighted by molar-refractivity contribution is 7.15. The first-order valence-corrected chi connectivity index (χ1v) is 9.46. The minimum absolute atomic E-state index is 0.112. The summed E-state index contributed by atoms with van der Waals surface area (Å²) < 4.78 is 1.68. The molecule has 0 saturated carbocycles. The molecule has 0 aliphatic heterocycles. The standard InChI is InChI=1S/C19H20N4OS/c24-18(22-19-21-15-10-5-2-6-11-16(15)25-19)17(23-13-7-12-20-23)14-8-3-1-4-9-14/h1,3-4,7-9,12-13,17H,2,5-6,10-11H2,(H,21,22,24). The molecular weight excluding hydrogens is 332 g/mol. The molecule has 2 heterocycles. The van der Waals surface area contributed by atoms with E-state index in [-0.39, 0.29) is 5.91 Å². The summed E-state index contributed by atoms with van der Waals surface area (Å²) in [6, 6.07) is 11.0. The first kappa shape index (κ1) is 16.0. The Bertz CT molecular complexity index is 818. The molecule has 25 heavy (non-hydrogen) atoms. The number of nitrogens with one attached hydrogen (secondary N) is 1. The van der Waals surface area contributed by atoms with Gasteiger partial charge in [0.15, 0.2) is 11.2 Å². The van der Waals surface area contributed by atoms with E-state index in [0.29, 0.717) is 5.13 Å². The Morgan fingerprint density at radius 1 is 1.12 bits per heavy atom. The zero-order chi connectivity index (χ0) is 17.1. The van der Waals surface area contributed by atoms with Crippen molar-refractivity contribution < 1.29 is 4.79 Å². The van der Waals surface area contributed by atoms with E-state index in [2.05, 4.69) is 15.4 Å². The van der Waals surface area contributed by atoms with Gasteiger partial charge in [-0.05, 0) is 37.3 Å². The number of hydrogen-bond donors (Lipinski definition) is 1. The number of benzene rings is 1. The molecule has 128 valence electrons. The molecule has 1 aliphatic carbocycles. The van der Waals surface area contributed by atoms with E-state index in [9.17, 15) is 4.79 Å². The Morgan fingerprint density at radius 2 is 1.96 bits per heavy atom. The second kappa shape index (κ2) is 7.19. The van der Waals surface area contributed by atoms with Gasteiger partial charge in [0.1, 0.15) is 0 Å². The minimum atomic E-state index is -0.500. The monoisotopic (exact) mass is 352 g/mol. The van der Waals surface area contributed by atoms with E-state index in [1.54, 1.807) is 22.2 Å². The smallest absolute Gasteiger partial charge is 0.255 e. The highest BCUT2D eigenvalue weighted by atomic mass is 32.1. The molecule has 1 amide bonds. The normalized spacial score (nSPS) is 15.2. The topological polar surface area (TPSA) is 59.8 Å². The molecule has 1 aliphatic rings. The lowest BCUT2D eigenvalue weighted by Crippen LogP contribution is -2.27. The van der Waals surface area contributed by atoms with Crippen LogP contribution in [0.15, 0.2) is 48.8 Å². The Labute approximate surface area is 150 Å². The van der Waals surface area contributed by atoms with Gasteiger partial charge in [-0.2, -0.15) is 5.10 Å². The SMILES string of the molecule is O=C(Nc1nc2c(s1)CCCCC2)C(c1ccccc1)n1cccn1. The molecule has 0 bridgehead atoms. The molecule has 0 spiro atoms. The third-order valence-corrected chi connectivity index (χ3v) is 5.55. The predicted molar refractivity (Wildman–Crippen MR) is 98.8 cm³/mol. The van der Waals surface area contributed by atoms with Gasteiger partial charge in [-0.25, -0.2) is 4.98 Å². The zero-order valence-corrected chi connectivity index (χ0v) is 14.7. The van der Waals surface area contributed by atoms with E-state index < -0.39 is 6.04 Å². The van der Waals surface area contributed by atoms with Crippen molar-refractivity contribution in [2.24, 2.45) is 0 Å². The van der Waals surface area contributed by atoms with Crippen LogP contribution in [-0.4, -0.2) is 20.7 Å². The molecule has 0 radical (unpaired) electrons. The summed E-state index contributed by atoms with van der Waals surface area (Å²) in [5.74, 6) is -0.112. The lowest BCUT2D eigenvalue weighted by Gasteiger charge is -2.17. The van der Waals surface area contributed by atoms with Gasteiger partial charge < -0.3 is 0 Å². The predicted octanol–water partition coefficient (Wildman–Crippen LogP) is 3.84. The molecule has 0 fully saturated rings. The maximum Gasteiger partial charge on any atom is 0.255 e. The van der Waals surface area contributed by atoms with Crippen LogP contribution in [-0.2, 0) is 17.6 Å². The van der Waals surface area contributed by atoms with Gasteiger partial charge in [0.25, 0.3) is 5.91 Å². The van der Waals surface area contributed by atoms with Gasteiger partial charge in [0.2, 0.25) is 0 Å². The van der Waals surface area contributed by atoms with Crippen molar-refractivity contribution in [1.29, 1.82) is 0 Å². The molecular formula is C19H20N4OS. The Balaban J connectivity index is 1.59. The molecule has 1 atom stereocenters. The summed E-state index contributed by atoms with van der Waals surface area (Å²) >= 11 is 1.61. The van der Waals surface area contributed by atoms with Crippen LogP contribution in [0.25, 0.3) is 0 Å². The number of carbonyl (C=O) groups is 1. The number of amides is 1. The Morgan fingerprint density at radius 3 is 2.76 bits per heavy atom. The van der Waals surface area contributed by atoms with E-state index in [0.717, 1.165) is 24.1 Å². The van der Waals surface area contributed by atoms with Crippen molar-refractivity contribution in [2.45, 2.75) is 38.1 Å². The fraction of sp³-hybridized carbons (Fsp3) is 0.316. The molecule has 3 aromatic rings. The first-order chi connectivity index (χ1) is 12.3. The summed E-state index contributed by atoms with van der Waals surface area (Å²) in [6.07, 6.45) is 9.25. The molecule has 1 aromatic carbocycles. The summed E-state index contributed by atoms with van der Waals surface area (Å²) in [4.78, 5) is 19.0. The largest absolute Gasteiger partial charge is 0.300 e. The maximum atomic E-state index is 13.0. The molecule has 1 unspecified atom stereocenters. The number of thiazole rings is 1. The zero-order valence-electron chi connectivity index (χ0n) is 13.9. The fourth-order valence-corrected chi connectivity index (χ4v) is 4.30. The molecule has 2 aromatic heterocycles. The van der Waals surface area contributed by atoms with Gasteiger partial charge in [0, 0.05) is 17.3 Å². The summed E-state index contributed by atoms with van der Waals surface area (Å²) in [7, 11) is 0. The van der Waals surface area contributed by atoms with Crippen molar-refractivity contribution in [1.82, 2.24) is 14.8 Å². The van der Waals surface area contributed by atoms with Crippen LogP contribution in [0.1, 0.15) is 41.4 Å². The second-order valence-corrected chi connectivity index (χ2v) is 7.32. The van der Waals surface area contributed by atoms with Gasteiger partial charge in [0.05, 0.1) is 5.69 Å². The van der Waals surface area contributed by atoms with E-state index >= 15 is 0 Å². The third kappa shape index (κ3) is 3.49. The minimum Gasteiger partial charge on any atom is -0.300 e. The van der Waals surface area contributed by atoms with Crippen LogP contribution < -0.4 is 5.32 Å². The van der Waals surface area contributed by atoms with Gasteiger partial charge in [-0.1, -0.05) is 36.8 Å². The number of aromatic nitrogens is 3. The molecule has 6 heteroatoms. The van der Waals surface area contributed by atoms with Crippen molar-refractivity contribution >= 4 is 22.4 Å². The highest BCUT2D eigenvalue weighted by Crippen LogP contribution is 2.30. The van der Waals surface area contributed by atoms with E-state index in [1.807, 2.05) is 42.6 Å². The average Bonchev–Trinajstić information content (AvgIpc) is 3.22. The Hall–Kier alpha value is -2.47. The number of aryl methyl sites for hydroxylation is 2. The van der Waals surface area contributed by atoms with Gasteiger partial charge in [-0.3, -0.25) is 14.8 Å². The molecule has 5 nitrogen and oxygen atoms in total. The van der Waals surface area contributed by atoms with Crippen LogP contribution >= 0.6 is 11.3 Å². The Kier molecular flexibility index (Phi) is 4.61. The molecule has 1 N–H and O–H groups in total.